The molecule has 0 aromatic heterocycles. The van der Waals surface area contributed by atoms with E-state index < -0.39 is 0 Å². The van der Waals surface area contributed by atoms with Crippen molar-refractivity contribution in [3.05, 3.63) is 29.3 Å². The van der Waals surface area contributed by atoms with Gasteiger partial charge in [-0.3, -0.25) is 9.59 Å². The molecule has 0 spiro atoms. The first-order chi connectivity index (χ1) is 10.1. The van der Waals surface area contributed by atoms with E-state index in [1.807, 2.05) is 18.2 Å². The molecule has 114 valence electrons. The number of anilines is 1. The van der Waals surface area contributed by atoms with Gasteiger partial charge in [0.05, 0.1) is 16.0 Å². The maximum absolute atomic E-state index is 12.4. The van der Waals surface area contributed by atoms with E-state index in [0.717, 1.165) is 24.3 Å². The fourth-order valence-electron chi connectivity index (χ4n) is 2.28. The zero-order valence-electron chi connectivity index (χ0n) is 12.0. The van der Waals surface area contributed by atoms with E-state index in [2.05, 4.69) is 5.32 Å². The Morgan fingerprint density at radius 3 is 2.95 bits per heavy atom. The van der Waals surface area contributed by atoms with E-state index in [0.29, 0.717) is 18.1 Å². The topological polar surface area (TPSA) is 49.4 Å². The molecule has 1 atom stereocenters. The van der Waals surface area contributed by atoms with Crippen LogP contribution < -0.4 is 10.2 Å². The third kappa shape index (κ3) is 4.38. The van der Waals surface area contributed by atoms with Crippen molar-refractivity contribution in [2.45, 2.75) is 25.0 Å². The Balaban J connectivity index is 1.82. The van der Waals surface area contributed by atoms with Gasteiger partial charge in [-0.15, -0.1) is 11.8 Å². The second-order valence-corrected chi connectivity index (χ2v) is 6.64. The molecule has 1 aliphatic heterocycles. The highest BCUT2D eigenvalue weighted by Crippen LogP contribution is 2.32. The average Bonchev–Trinajstić information content (AvgIpc) is 2.80. The largest absolute Gasteiger partial charge is 0.356 e. The van der Waals surface area contributed by atoms with Gasteiger partial charge in [0.1, 0.15) is 0 Å². The Labute approximate surface area is 134 Å². The molecule has 2 rings (SSSR count). The summed E-state index contributed by atoms with van der Waals surface area (Å²) in [4.78, 5) is 24.9. The molecule has 6 heteroatoms. The molecule has 4 nitrogen and oxygen atoms in total. The monoisotopic (exact) mass is 326 g/mol. The molecule has 21 heavy (non-hydrogen) atoms. The van der Waals surface area contributed by atoms with Crippen molar-refractivity contribution in [3.63, 3.8) is 0 Å². The molecule has 0 saturated carbocycles. The Morgan fingerprint density at radius 1 is 1.48 bits per heavy atom. The number of nitrogens with one attached hydrogen (secondary N) is 1. The molecule has 0 unspecified atom stereocenters. The van der Waals surface area contributed by atoms with Crippen LogP contribution in [-0.2, 0) is 9.59 Å². The third-order valence-corrected chi connectivity index (χ3v) is 5.00. The van der Waals surface area contributed by atoms with Gasteiger partial charge in [-0.05, 0) is 30.7 Å². The molecule has 1 aliphatic rings. The maximum Gasteiger partial charge on any atom is 0.240 e. The van der Waals surface area contributed by atoms with Crippen LogP contribution in [0.2, 0.25) is 5.02 Å². The smallest absolute Gasteiger partial charge is 0.240 e. The summed E-state index contributed by atoms with van der Waals surface area (Å²) < 4.78 is 0. The molecule has 1 heterocycles. The molecule has 0 radical (unpaired) electrons. The number of nitrogens with zero attached hydrogens (tertiary/aromatic N) is 1. The quantitative estimate of drug-likeness (QED) is 0.818. The van der Waals surface area contributed by atoms with Gasteiger partial charge >= 0.3 is 0 Å². The molecular formula is C15H19ClN2O2S. The number of hydrogen-bond acceptors (Lipinski definition) is 3. The molecular weight excluding hydrogens is 308 g/mol. The SMILES string of the molecule is CC(=O)NCCCS[C@@H]1CCN(c2ccccc2Cl)C1=O. The summed E-state index contributed by atoms with van der Waals surface area (Å²) in [5, 5.41) is 3.37. The van der Waals surface area contributed by atoms with Crippen LogP contribution in [0.25, 0.3) is 0 Å². The minimum Gasteiger partial charge on any atom is -0.356 e. The predicted octanol–water partition coefficient (Wildman–Crippen LogP) is 2.70. The van der Waals surface area contributed by atoms with E-state index in [1.165, 1.54) is 6.92 Å². The van der Waals surface area contributed by atoms with Gasteiger partial charge < -0.3 is 10.2 Å². The normalized spacial score (nSPS) is 18.1. The first-order valence-electron chi connectivity index (χ1n) is 7.01. The molecule has 0 aliphatic carbocycles. The number of carbonyl (C=O) groups excluding carboxylic acids is 2. The highest BCUT2D eigenvalue weighted by atomic mass is 35.5. The zero-order chi connectivity index (χ0) is 15.2. The van der Waals surface area contributed by atoms with Crippen molar-refractivity contribution < 1.29 is 9.59 Å². The molecule has 0 bridgehead atoms. The maximum atomic E-state index is 12.4. The lowest BCUT2D eigenvalue weighted by Crippen LogP contribution is -2.28. The summed E-state index contributed by atoms with van der Waals surface area (Å²) >= 11 is 7.81. The lowest BCUT2D eigenvalue weighted by atomic mass is 10.3. The van der Waals surface area contributed by atoms with Crippen LogP contribution in [0.15, 0.2) is 24.3 Å². The van der Waals surface area contributed by atoms with Crippen LogP contribution in [0.4, 0.5) is 5.69 Å². The molecule has 1 aromatic carbocycles. The van der Waals surface area contributed by atoms with E-state index in [1.54, 1.807) is 22.7 Å². The number of benzene rings is 1. The van der Waals surface area contributed by atoms with Crippen LogP contribution in [0, 0.1) is 0 Å². The van der Waals surface area contributed by atoms with Crippen LogP contribution in [0.1, 0.15) is 19.8 Å². The average molecular weight is 327 g/mol. The Bertz CT molecular complexity index is 524. The second kappa shape index (κ2) is 7.71. The zero-order valence-corrected chi connectivity index (χ0v) is 13.5. The summed E-state index contributed by atoms with van der Waals surface area (Å²) in [6, 6.07) is 7.44. The summed E-state index contributed by atoms with van der Waals surface area (Å²) in [6.07, 6.45) is 1.72. The number of halogens is 1. The van der Waals surface area contributed by atoms with Crippen LogP contribution >= 0.6 is 23.4 Å². The standard InChI is InChI=1S/C15H19ClN2O2S/c1-11(19)17-8-4-10-21-14-7-9-18(15(14)20)13-6-3-2-5-12(13)16/h2-3,5-6,14H,4,7-10H2,1H3,(H,17,19)/t14-/m1/s1. The lowest BCUT2D eigenvalue weighted by molar-refractivity contribution is -0.119. The molecule has 1 aromatic rings. The first-order valence-corrected chi connectivity index (χ1v) is 8.44. The number of para-hydroxylation sites is 1. The Morgan fingerprint density at radius 2 is 2.24 bits per heavy atom. The summed E-state index contributed by atoms with van der Waals surface area (Å²) in [5.74, 6) is 0.988. The number of thioether (sulfide) groups is 1. The van der Waals surface area contributed by atoms with Crippen LogP contribution in [0.3, 0.4) is 0 Å². The molecule has 1 saturated heterocycles. The minimum atomic E-state index is -0.0122. The van der Waals surface area contributed by atoms with Gasteiger partial charge in [-0.1, -0.05) is 23.7 Å². The summed E-state index contributed by atoms with van der Waals surface area (Å²) in [6.45, 7) is 2.89. The number of amides is 2. The van der Waals surface area contributed by atoms with E-state index >= 15 is 0 Å². The van der Waals surface area contributed by atoms with Crippen molar-refractivity contribution in [2.24, 2.45) is 0 Å². The van der Waals surface area contributed by atoms with Crippen LogP contribution in [-0.4, -0.2) is 35.9 Å². The Hall–Kier alpha value is -1.20. The van der Waals surface area contributed by atoms with Crippen molar-refractivity contribution in [2.75, 3.05) is 23.7 Å². The van der Waals surface area contributed by atoms with Gasteiger partial charge in [0.2, 0.25) is 11.8 Å². The first kappa shape index (κ1) is 16.2. The van der Waals surface area contributed by atoms with Crippen molar-refractivity contribution in [1.82, 2.24) is 5.32 Å². The molecule has 2 amide bonds. The van der Waals surface area contributed by atoms with E-state index in [4.69, 9.17) is 11.6 Å². The van der Waals surface area contributed by atoms with E-state index in [-0.39, 0.29) is 17.1 Å². The van der Waals surface area contributed by atoms with Gasteiger partial charge in [0.25, 0.3) is 0 Å². The van der Waals surface area contributed by atoms with Gasteiger partial charge in [-0.25, -0.2) is 0 Å². The number of rotatable bonds is 6. The second-order valence-electron chi connectivity index (χ2n) is 4.93. The summed E-state index contributed by atoms with van der Waals surface area (Å²) in [7, 11) is 0. The highest BCUT2D eigenvalue weighted by molar-refractivity contribution is 8.00. The van der Waals surface area contributed by atoms with Crippen LogP contribution in [0.5, 0.6) is 0 Å². The van der Waals surface area contributed by atoms with Crippen molar-refractivity contribution in [3.8, 4) is 0 Å². The summed E-state index contributed by atoms with van der Waals surface area (Å²) in [5.41, 5.74) is 0.797. The highest BCUT2D eigenvalue weighted by Gasteiger charge is 2.33. The fraction of sp³-hybridized carbons (Fsp3) is 0.467. The van der Waals surface area contributed by atoms with E-state index in [9.17, 15) is 9.59 Å². The van der Waals surface area contributed by atoms with Crippen molar-refractivity contribution in [1.29, 1.82) is 0 Å². The number of carbonyl (C=O) groups is 2. The Kier molecular flexibility index (Phi) is 5.94. The predicted molar refractivity (Wildman–Crippen MR) is 88.0 cm³/mol. The van der Waals surface area contributed by atoms with Gasteiger partial charge in [0, 0.05) is 20.0 Å². The van der Waals surface area contributed by atoms with Crippen molar-refractivity contribution >= 4 is 40.9 Å². The van der Waals surface area contributed by atoms with Gasteiger partial charge in [0.15, 0.2) is 0 Å². The minimum absolute atomic E-state index is 0.00130. The number of hydrogen-bond donors (Lipinski definition) is 1. The third-order valence-electron chi connectivity index (χ3n) is 3.31. The lowest BCUT2D eigenvalue weighted by Gasteiger charge is -2.18. The fourth-order valence-corrected chi connectivity index (χ4v) is 3.66. The molecule has 1 N–H and O–H groups in total. The van der Waals surface area contributed by atoms with Gasteiger partial charge in [-0.2, -0.15) is 0 Å². The molecule has 1 fully saturated rings.